The summed E-state index contributed by atoms with van der Waals surface area (Å²) in [6.07, 6.45) is 4.01. The number of carbonyl (C=O) groups excluding carboxylic acids is 1. The number of carbonyl (C=O) groups is 1. The van der Waals surface area contributed by atoms with E-state index in [2.05, 4.69) is 15.3 Å². The third-order valence-corrected chi connectivity index (χ3v) is 2.74. The molecule has 0 fully saturated rings. The molecular formula is C12H14N4O2. The molecule has 0 aliphatic carbocycles. The fourth-order valence-corrected chi connectivity index (χ4v) is 1.83. The molecule has 0 aliphatic heterocycles. The van der Waals surface area contributed by atoms with Gasteiger partial charge in [-0.2, -0.15) is 0 Å². The van der Waals surface area contributed by atoms with Gasteiger partial charge in [-0.25, -0.2) is 4.68 Å². The minimum Gasteiger partial charge on any atom is -0.496 e. The maximum absolute atomic E-state index is 10.5. The molecule has 0 atom stereocenters. The lowest BCUT2D eigenvalue weighted by Crippen LogP contribution is -2.06. The number of pyridine rings is 1. The van der Waals surface area contributed by atoms with Gasteiger partial charge in [0.05, 0.1) is 25.5 Å². The third kappa shape index (κ3) is 2.22. The van der Waals surface area contributed by atoms with E-state index in [-0.39, 0.29) is 0 Å². The number of rotatable bonds is 4. The molecule has 0 bridgehead atoms. The van der Waals surface area contributed by atoms with Crippen LogP contribution in [0.15, 0.2) is 12.4 Å². The summed E-state index contributed by atoms with van der Waals surface area (Å²) < 4.78 is 6.92. The van der Waals surface area contributed by atoms with Gasteiger partial charge in [-0.1, -0.05) is 5.21 Å². The van der Waals surface area contributed by atoms with Crippen molar-refractivity contribution in [3.8, 4) is 5.75 Å². The normalized spacial score (nSPS) is 10.4. The van der Waals surface area contributed by atoms with Crippen LogP contribution in [0.1, 0.15) is 27.3 Å². The highest BCUT2D eigenvalue weighted by atomic mass is 16.5. The highest BCUT2D eigenvalue weighted by Crippen LogP contribution is 2.24. The monoisotopic (exact) mass is 246 g/mol. The van der Waals surface area contributed by atoms with Crippen molar-refractivity contribution in [1.82, 2.24) is 20.0 Å². The lowest BCUT2D eigenvalue weighted by atomic mass is 10.1. The number of aryl methyl sites for hydroxylation is 1. The van der Waals surface area contributed by atoms with Gasteiger partial charge >= 0.3 is 0 Å². The molecule has 94 valence electrons. The summed E-state index contributed by atoms with van der Waals surface area (Å²) in [4.78, 5) is 14.9. The van der Waals surface area contributed by atoms with E-state index in [1.54, 1.807) is 24.2 Å². The molecule has 0 saturated heterocycles. The Morgan fingerprint density at radius 2 is 2.22 bits per heavy atom. The van der Waals surface area contributed by atoms with Gasteiger partial charge in [0.2, 0.25) is 0 Å². The van der Waals surface area contributed by atoms with Crippen molar-refractivity contribution < 1.29 is 9.53 Å². The molecule has 6 nitrogen and oxygen atoms in total. The van der Waals surface area contributed by atoms with Crippen LogP contribution < -0.4 is 4.74 Å². The van der Waals surface area contributed by atoms with Crippen molar-refractivity contribution >= 4 is 6.29 Å². The Labute approximate surface area is 105 Å². The smallest absolute Gasteiger partial charge is 0.171 e. The fraction of sp³-hybridized carbons (Fsp3) is 0.333. The Morgan fingerprint density at radius 3 is 2.83 bits per heavy atom. The van der Waals surface area contributed by atoms with Crippen molar-refractivity contribution in [2.45, 2.75) is 20.4 Å². The van der Waals surface area contributed by atoms with Crippen LogP contribution in [0.2, 0.25) is 0 Å². The molecule has 0 spiro atoms. The minimum absolute atomic E-state index is 0.312. The molecule has 0 N–H and O–H groups in total. The third-order valence-electron chi connectivity index (χ3n) is 2.74. The van der Waals surface area contributed by atoms with Crippen LogP contribution in [-0.4, -0.2) is 33.4 Å². The Balaban J connectivity index is 2.31. The van der Waals surface area contributed by atoms with E-state index in [0.717, 1.165) is 22.6 Å². The molecule has 0 radical (unpaired) electrons. The van der Waals surface area contributed by atoms with Gasteiger partial charge in [-0.05, 0) is 13.8 Å². The van der Waals surface area contributed by atoms with Crippen LogP contribution >= 0.6 is 0 Å². The van der Waals surface area contributed by atoms with E-state index in [1.807, 2.05) is 13.8 Å². The van der Waals surface area contributed by atoms with Crippen LogP contribution in [0.5, 0.6) is 5.75 Å². The van der Waals surface area contributed by atoms with E-state index in [9.17, 15) is 4.79 Å². The van der Waals surface area contributed by atoms with Gasteiger partial charge in [-0.3, -0.25) is 9.78 Å². The Kier molecular flexibility index (Phi) is 3.36. The second kappa shape index (κ2) is 4.95. The van der Waals surface area contributed by atoms with Crippen molar-refractivity contribution in [3.63, 3.8) is 0 Å². The molecule has 2 rings (SSSR count). The average molecular weight is 246 g/mol. The number of hydrogen-bond donors (Lipinski definition) is 0. The molecular weight excluding hydrogens is 232 g/mol. The zero-order chi connectivity index (χ0) is 13.1. The molecule has 2 heterocycles. The molecule has 2 aromatic heterocycles. The first-order valence-corrected chi connectivity index (χ1v) is 5.50. The summed E-state index contributed by atoms with van der Waals surface area (Å²) in [6.45, 7) is 4.36. The second-order valence-corrected chi connectivity index (χ2v) is 4.00. The van der Waals surface area contributed by atoms with Crippen LogP contribution in [-0.2, 0) is 6.54 Å². The number of hydrogen-bond acceptors (Lipinski definition) is 5. The standard InChI is InChI=1S/C12H14N4O2/c1-8-4-13-11(9(2)12(8)18-3)6-16-5-10(7-17)14-15-16/h4-5,7H,6H2,1-3H3. The fourth-order valence-electron chi connectivity index (χ4n) is 1.83. The molecule has 2 aromatic rings. The first kappa shape index (κ1) is 12.2. The number of nitrogens with zero attached hydrogens (tertiary/aromatic N) is 4. The van der Waals surface area contributed by atoms with Gasteiger partial charge in [0.15, 0.2) is 6.29 Å². The summed E-state index contributed by atoms with van der Waals surface area (Å²) in [5, 5.41) is 7.56. The van der Waals surface area contributed by atoms with Gasteiger partial charge < -0.3 is 4.74 Å². The molecule has 0 aromatic carbocycles. The molecule has 0 aliphatic rings. The molecule has 6 heteroatoms. The summed E-state index contributed by atoms with van der Waals surface area (Å²) in [5.41, 5.74) is 3.12. The minimum atomic E-state index is 0.312. The number of methoxy groups -OCH3 is 1. The predicted molar refractivity (Wildman–Crippen MR) is 64.8 cm³/mol. The van der Waals surface area contributed by atoms with Gasteiger partial charge in [0, 0.05) is 17.3 Å². The first-order chi connectivity index (χ1) is 8.65. The SMILES string of the molecule is COc1c(C)cnc(Cn2cc(C=O)nn2)c1C. The molecule has 0 amide bonds. The van der Waals surface area contributed by atoms with Crippen molar-refractivity contribution in [1.29, 1.82) is 0 Å². The van der Waals surface area contributed by atoms with Crippen molar-refractivity contribution in [2.24, 2.45) is 0 Å². The molecule has 0 saturated carbocycles. The number of aldehydes is 1. The van der Waals surface area contributed by atoms with Gasteiger partial charge in [0.25, 0.3) is 0 Å². The number of aromatic nitrogens is 4. The summed E-state index contributed by atoms with van der Waals surface area (Å²) >= 11 is 0. The Hall–Kier alpha value is -2.24. The van der Waals surface area contributed by atoms with E-state index in [4.69, 9.17) is 4.74 Å². The van der Waals surface area contributed by atoms with E-state index >= 15 is 0 Å². The molecule has 0 unspecified atom stereocenters. The van der Waals surface area contributed by atoms with Crippen LogP contribution in [0, 0.1) is 13.8 Å². The zero-order valence-corrected chi connectivity index (χ0v) is 10.5. The average Bonchev–Trinajstić information content (AvgIpc) is 2.81. The quantitative estimate of drug-likeness (QED) is 0.757. The largest absolute Gasteiger partial charge is 0.496 e. The lowest BCUT2D eigenvalue weighted by Gasteiger charge is -2.11. The number of ether oxygens (including phenoxy) is 1. The van der Waals surface area contributed by atoms with Crippen LogP contribution in [0.3, 0.4) is 0 Å². The highest BCUT2D eigenvalue weighted by Gasteiger charge is 2.10. The zero-order valence-electron chi connectivity index (χ0n) is 10.5. The van der Waals surface area contributed by atoms with Crippen LogP contribution in [0.4, 0.5) is 0 Å². The van der Waals surface area contributed by atoms with Gasteiger partial charge in [0.1, 0.15) is 11.4 Å². The van der Waals surface area contributed by atoms with E-state index < -0.39 is 0 Å². The van der Waals surface area contributed by atoms with Crippen molar-refractivity contribution in [2.75, 3.05) is 7.11 Å². The topological polar surface area (TPSA) is 69.9 Å². The second-order valence-electron chi connectivity index (χ2n) is 4.00. The van der Waals surface area contributed by atoms with E-state index in [0.29, 0.717) is 18.5 Å². The van der Waals surface area contributed by atoms with Crippen LogP contribution in [0.25, 0.3) is 0 Å². The summed E-state index contributed by atoms with van der Waals surface area (Å²) in [5.74, 6) is 0.829. The summed E-state index contributed by atoms with van der Waals surface area (Å²) in [7, 11) is 1.64. The molecule has 18 heavy (non-hydrogen) atoms. The maximum Gasteiger partial charge on any atom is 0.171 e. The van der Waals surface area contributed by atoms with Crippen molar-refractivity contribution in [3.05, 3.63) is 34.9 Å². The summed E-state index contributed by atoms with van der Waals surface area (Å²) in [6, 6.07) is 0. The highest BCUT2D eigenvalue weighted by molar-refractivity contribution is 5.70. The predicted octanol–water partition coefficient (Wildman–Crippen LogP) is 1.16. The maximum atomic E-state index is 10.5. The Bertz CT molecular complexity index is 577. The van der Waals surface area contributed by atoms with Gasteiger partial charge in [-0.15, -0.1) is 5.10 Å². The van der Waals surface area contributed by atoms with E-state index in [1.165, 1.54) is 0 Å². The lowest BCUT2D eigenvalue weighted by molar-refractivity contribution is 0.111. The Morgan fingerprint density at radius 1 is 1.44 bits per heavy atom. The first-order valence-electron chi connectivity index (χ1n) is 5.50.